The summed E-state index contributed by atoms with van der Waals surface area (Å²) in [6, 6.07) is 5.20. The maximum atomic E-state index is 11.7. The third-order valence-electron chi connectivity index (χ3n) is 1.75. The molecule has 0 atom stereocenters. The number of rotatable bonds is 4. The van der Waals surface area contributed by atoms with Gasteiger partial charge in [0.1, 0.15) is 4.90 Å². The maximum Gasteiger partial charge on any atom is 0.270 e. The normalized spacial score (nSPS) is 10.8. The highest BCUT2D eigenvalue weighted by Crippen LogP contribution is 2.04. The first-order chi connectivity index (χ1) is 8.10. The molecule has 0 aliphatic carbocycles. The zero-order valence-electron chi connectivity index (χ0n) is 9.38. The number of aromatic nitrogens is 1. The molecule has 0 fully saturated rings. The Kier molecular flexibility index (Phi) is 4.90. The minimum absolute atomic E-state index is 0.0423. The minimum atomic E-state index is -3.67. The van der Waals surface area contributed by atoms with Crippen molar-refractivity contribution < 1.29 is 17.9 Å². The molecular weight excluding hydrogens is 244 g/mol. The molecule has 0 unspecified atom stereocenters. The molecular formula is C10H12N2O4S. The van der Waals surface area contributed by atoms with Gasteiger partial charge >= 0.3 is 0 Å². The van der Waals surface area contributed by atoms with Gasteiger partial charge in [0.25, 0.3) is 10.0 Å². The number of pyridine rings is 1. The second kappa shape index (κ2) is 6.20. The number of hydrogen-bond donors (Lipinski definition) is 1. The van der Waals surface area contributed by atoms with E-state index in [0.717, 1.165) is 0 Å². The first kappa shape index (κ1) is 13.4. The van der Waals surface area contributed by atoms with Crippen molar-refractivity contribution in [1.29, 1.82) is 0 Å². The highest BCUT2D eigenvalue weighted by molar-refractivity contribution is 7.89. The molecule has 6 nitrogen and oxygen atoms in total. The van der Waals surface area contributed by atoms with Crippen LogP contribution in [0.25, 0.3) is 0 Å². The van der Waals surface area contributed by atoms with Crippen molar-refractivity contribution in [2.75, 3.05) is 14.2 Å². The molecule has 0 aromatic carbocycles. The van der Waals surface area contributed by atoms with Gasteiger partial charge in [0.2, 0.25) is 6.29 Å². The number of nitrogens with zero attached hydrogens (tertiary/aromatic N) is 1. The first-order valence-electron chi connectivity index (χ1n) is 4.58. The molecule has 1 aromatic rings. The molecule has 1 N–H and O–H groups in total. The van der Waals surface area contributed by atoms with Crippen LogP contribution in [-0.4, -0.2) is 33.9 Å². The number of sulfonamides is 1. The quantitative estimate of drug-likeness (QED) is 0.464. The number of hydrogen-bond acceptors (Lipinski definition) is 5. The van der Waals surface area contributed by atoms with Gasteiger partial charge in [0.05, 0.1) is 0 Å². The van der Waals surface area contributed by atoms with Crippen molar-refractivity contribution in [3.05, 3.63) is 24.5 Å². The number of methoxy groups -OCH3 is 2. The molecule has 7 heteroatoms. The molecule has 0 aliphatic heterocycles. The summed E-state index contributed by atoms with van der Waals surface area (Å²) in [7, 11) is -0.867. The molecule has 0 saturated heterocycles. The van der Waals surface area contributed by atoms with E-state index in [2.05, 4.69) is 21.7 Å². The summed E-state index contributed by atoms with van der Waals surface area (Å²) in [6.07, 6.45) is 1.94. The Bertz CT molecular complexity index is 500. The van der Waals surface area contributed by atoms with Gasteiger partial charge in [-0.3, -0.25) is 4.98 Å². The highest BCUT2D eigenvalue weighted by atomic mass is 32.2. The van der Waals surface area contributed by atoms with Gasteiger partial charge in [0, 0.05) is 32.7 Å². The Labute approximate surface area is 100 Å². The summed E-state index contributed by atoms with van der Waals surface area (Å²) in [5.41, 5.74) is 0. The Morgan fingerprint density at radius 1 is 1.41 bits per heavy atom. The summed E-state index contributed by atoms with van der Waals surface area (Å²) in [5, 5.41) is 0. The van der Waals surface area contributed by atoms with E-state index in [0.29, 0.717) is 0 Å². The number of nitrogens with one attached hydrogen (secondary N) is 1. The van der Waals surface area contributed by atoms with Gasteiger partial charge in [-0.15, -0.1) is 0 Å². The largest absolute Gasteiger partial charge is 0.345 e. The van der Waals surface area contributed by atoms with Crippen LogP contribution in [0.15, 0.2) is 29.4 Å². The highest BCUT2D eigenvalue weighted by Gasteiger charge is 2.11. The van der Waals surface area contributed by atoms with Crippen LogP contribution in [0.3, 0.4) is 0 Å². The zero-order chi connectivity index (χ0) is 12.7. The van der Waals surface area contributed by atoms with Crippen molar-refractivity contribution in [2.45, 2.75) is 11.2 Å². The summed E-state index contributed by atoms with van der Waals surface area (Å²) < 4.78 is 34.9. The lowest BCUT2D eigenvalue weighted by molar-refractivity contribution is -0.0595. The van der Waals surface area contributed by atoms with Crippen molar-refractivity contribution in [3.63, 3.8) is 0 Å². The third-order valence-corrected chi connectivity index (χ3v) is 2.98. The van der Waals surface area contributed by atoms with E-state index in [1.54, 1.807) is 0 Å². The minimum Gasteiger partial charge on any atom is -0.345 e. The average molecular weight is 256 g/mol. The third kappa shape index (κ3) is 4.03. The fourth-order valence-electron chi connectivity index (χ4n) is 0.935. The summed E-state index contributed by atoms with van der Waals surface area (Å²) in [4.78, 5) is 3.75. The molecule has 92 valence electrons. The van der Waals surface area contributed by atoms with Gasteiger partial charge < -0.3 is 9.47 Å². The van der Waals surface area contributed by atoms with Crippen molar-refractivity contribution in [2.24, 2.45) is 0 Å². The fourth-order valence-corrected chi connectivity index (χ4v) is 1.70. The summed E-state index contributed by atoms with van der Waals surface area (Å²) in [5.74, 6) is 2.44. The Balaban J connectivity index is 2.75. The van der Waals surface area contributed by atoms with Gasteiger partial charge in [-0.25, -0.2) is 13.1 Å². The van der Waals surface area contributed by atoms with E-state index in [-0.39, 0.29) is 4.90 Å². The standard InChI is InChI=1S/C10H12N2O4S/c1-15-10(16-2)5-7-12-17(13,14)9-4-3-6-11-8-9/h3-4,6,8,10,12H,1-2H3. The van der Waals surface area contributed by atoms with E-state index in [1.807, 2.05) is 0 Å². The SMILES string of the molecule is COC(C#CNS(=O)(=O)c1cccnc1)OC. The molecule has 0 bridgehead atoms. The second-order valence-corrected chi connectivity index (χ2v) is 4.55. The lowest BCUT2D eigenvalue weighted by Crippen LogP contribution is -2.20. The lowest BCUT2D eigenvalue weighted by Gasteiger charge is -2.04. The predicted molar refractivity (Wildman–Crippen MR) is 60.1 cm³/mol. The van der Waals surface area contributed by atoms with Crippen molar-refractivity contribution >= 4 is 10.0 Å². The Morgan fingerprint density at radius 3 is 2.65 bits per heavy atom. The first-order valence-corrected chi connectivity index (χ1v) is 6.06. The summed E-state index contributed by atoms with van der Waals surface area (Å²) >= 11 is 0. The van der Waals surface area contributed by atoms with Gasteiger partial charge in [-0.1, -0.05) is 0 Å². The van der Waals surface area contributed by atoms with Crippen LogP contribution < -0.4 is 4.72 Å². The van der Waals surface area contributed by atoms with Crippen molar-refractivity contribution in [3.8, 4) is 12.0 Å². The predicted octanol–water partition coefficient (Wildman–Crippen LogP) is -0.0603. The smallest absolute Gasteiger partial charge is 0.270 e. The Morgan fingerprint density at radius 2 is 2.12 bits per heavy atom. The van der Waals surface area contributed by atoms with Crippen LogP contribution >= 0.6 is 0 Å². The molecule has 1 heterocycles. The van der Waals surface area contributed by atoms with E-state index < -0.39 is 16.3 Å². The number of ether oxygens (including phenoxy) is 2. The molecule has 1 aromatic heterocycles. The van der Waals surface area contributed by atoms with Gasteiger partial charge in [-0.05, 0) is 18.1 Å². The second-order valence-electron chi connectivity index (χ2n) is 2.87. The molecule has 0 saturated carbocycles. The zero-order valence-corrected chi connectivity index (χ0v) is 10.2. The summed E-state index contributed by atoms with van der Waals surface area (Å²) in [6.45, 7) is 0. The molecule has 17 heavy (non-hydrogen) atoms. The van der Waals surface area contributed by atoms with Crippen LogP contribution in [0.4, 0.5) is 0 Å². The fraction of sp³-hybridized carbons (Fsp3) is 0.300. The molecule has 0 aliphatic rings. The lowest BCUT2D eigenvalue weighted by atomic mass is 10.5. The van der Waals surface area contributed by atoms with Gasteiger partial charge in [-0.2, -0.15) is 0 Å². The van der Waals surface area contributed by atoms with E-state index in [4.69, 9.17) is 9.47 Å². The van der Waals surface area contributed by atoms with Gasteiger partial charge in [0.15, 0.2) is 0 Å². The maximum absolute atomic E-state index is 11.7. The van der Waals surface area contributed by atoms with E-state index in [9.17, 15) is 8.42 Å². The van der Waals surface area contributed by atoms with E-state index in [1.165, 1.54) is 38.7 Å². The van der Waals surface area contributed by atoms with Crippen LogP contribution in [0, 0.1) is 12.0 Å². The average Bonchev–Trinajstić information content (AvgIpc) is 2.36. The molecule has 1 rings (SSSR count). The molecule has 0 radical (unpaired) electrons. The Hall–Kier alpha value is -1.62. The topological polar surface area (TPSA) is 77.5 Å². The molecule has 0 spiro atoms. The van der Waals surface area contributed by atoms with Crippen LogP contribution in [0.5, 0.6) is 0 Å². The van der Waals surface area contributed by atoms with Crippen molar-refractivity contribution in [1.82, 2.24) is 9.71 Å². The van der Waals surface area contributed by atoms with Crippen LogP contribution in [0.1, 0.15) is 0 Å². The van der Waals surface area contributed by atoms with Crippen LogP contribution in [-0.2, 0) is 19.5 Å². The van der Waals surface area contributed by atoms with Crippen LogP contribution in [0.2, 0.25) is 0 Å². The molecule has 0 amide bonds. The monoisotopic (exact) mass is 256 g/mol. The van der Waals surface area contributed by atoms with E-state index >= 15 is 0 Å².